The lowest BCUT2D eigenvalue weighted by Crippen LogP contribution is -2.61. The van der Waals surface area contributed by atoms with Crippen LogP contribution in [0.2, 0.25) is 0 Å². The Kier molecular flexibility index (Phi) is 14.9. The van der Waals surface area contributed by atoms with E-state index in [1.165, 1.54) is 128 Å². The molecule has 0 heterocycles. The maximum absolute atomic E-state index is 12.9. The molecule has 0 unspecified atom stereocenters. The van der Waals surface area contributed by atoms with Crippen LogP contribution in [0.15, 0.2) is 23.3 Å². The molecule has 5 heteroatoms. The molecule has 3 nitrogen and oxygen atoms in total. The fourth-order valence-corrected chi connectivity index (χ4v) is 22.7. The third-order valence-corrected chi connectivity index (χ3v) is 28.0. The Morgan fingerprint density at radius 3 is 1.52 bits per heavy atom. The zero-order chi connectivity index (χ0) is 47.9. The van der Waals surface area contributed by atoms with Gasteiger partial charge in [-0.15, -0.1) is 0 Å². The number of hydrogen-bond acceptors (Lipinski definition) is 4. The van der Waals surface area contributed by atoms with Crippen molar-refractivity contribution in [2.45, 2.75) is 256 Å². The van der Waals surface area contributed by atoms with Gasteiger partial charge in [-0.1, -0.05) is 180 Å². The Morgan fingerprint density at radius 2 is 1.05 bits per heavy atom. The topological polar surface area (TPSA) is 49.3 Å². The number of fused-ring (bicyclic) bond motifs is 10. The summed E-state index contributed by atoms with van der Waals surface area (Å²) in [6.45, 7) is 36.5. The lowest BCUT2D eigenvalue weighted by atomic mass is 9.36. The van der Waals surface area contributed by atoms with Crippen molar-refractivity contribution in [1.29, 1.82) is 0 Å². The van der Waals surface area contributed by atoms with Crippen molar-refractivity contribution < 1.29 is 9.90 Å². The molecule has 0 amide bonds. The summed E-state index contributed by atoms with van der Waals surface area (Å²) in [6, 6.07) is -0.244. The Morgan fingerprint density at radius 1 is 0.591 bits per heavy atom. The summed E-state index contributed by atoms with van der Waals surface area (Å²) in [6.07, 6.45) is 34.5. The van der Waals surface area contributed by atoms with Crippen LogP contribution in [0.4, 0.5) is 0 Å². The van der Waals surface area contributed by atoms with Crippen molar-refractivity contribution in [3.8, 4) is 0 Å². The van der Waals surface area contributed by atoms with Gasteiger partial charge in [-0.05, 0) is 193 Å². The van der Waals surface area contributed by atoms with Gasteiger partial charge in [0.25, 0.3) is 0 Å². The normalized spacial score (nSPS) is 46.5. The number of allylic oxidation sites excluding steroid dienone is 3. The zero-order valence-corrected chi connectivity index (χ0v) is 47.1. The third kappa shape index (κ3) is 8.27. The van der Waals surface area contributed by atoms with E-state index in [2.05, 4.69) is 114 Å². The van der Waals surface area contributed by atoms with Gasteiger partial charge in [0, 0.05) is 17.0 Å². The Bertz CT molecular complexity index is 1820. The van der Waals surface area contributed by atoms with Crippen LogP contribution in [0.25, 0.3) is 0 Å². The monoisotopic (exact) mass is 946 g/mol. The van der Waals surface area contributed by atoms with Gasteiger partial charge in [-0.3, -0.25) is 4.79 Å². The van der Waals surface area contributed by atoms with Crippen LogP contribution in [0.5, 0.6) is 0 Å². The fourth-order valence-electron chi connectivity index (χ4n) is 19.9. The second kappa shape index (κ2) is 18.9. The summed E-state index contributed by atoms with van der Waals surface area (Å²) in [5.74, 6) is 6.51. The molecule has 0 aromatic rings. The lowest BCUT2D eigenvalue weighted by Gasteiger charge is -2.68. The number of carboxylic acid groups (broad SMARTS) is 1. The number of aliphatic carboxylic acids is 1. The number of carbonyl (C=O) groups is 1. The standard InChI is InChI=1S/C61H103NO2S2/c1-40(2)17-15-19-42(5)48-27-31-58(11)51-23-21-44-37-46(25-29-54(44,7)60(51,13)35-33-56(48,58)9)62-50(53(63)64)39-65-66-47-26-30-55(8)45(38-47)22-24-52-59(12)32-28-49(43(6)20-16-18-41(3)4)57(59,10)34-36-61(52,55)14/h21-22,40-43,46-52,62H,15-20,23-39H2,1-14H3,(H,63,64)/t42-,43-,46-,47-,48-,49-,50+,51+,52+,54+,55+,56-,57-,58+,59+,60+,61+/m1/s1. The molecule has 8 aliphatic carbocycles. The lowest BCUT2D eigenvalue weighted by molar-refractivity contribution is -0.162. The molecule has 0 aromatic heterocycles. The molecular weight excluding hydrogens is 843 g/mol. The predicted molar refractivity (Wildman–Crippen MR) is 287 cm³/mol. The van der Waals surface area contributed by atoms with Crippen molar-refractivity contribution in [3.05, 3.63) is 23.3 Å². The largest absolute Gasteiger partial charge is 0.480 e. The first-order valence-electron chi connectivity index (χ1n) is 28.6. The highest BCUT2D eigenvalue weighted by atomic mass is 33.1. The molecule has 0 bridgehead atoms. The van der Waals surface area contributed by atoms with Gasteiger partial charge in [0.15, 0.2) is 0 Å². The van der Waals surface area contributed by atoms with Crippen LogP contribution in [0, 0.1) is 90.7 Å². The molecule has 8 rings (SSSR count). The maximum Gasteiger partial charge on any atom is 0.321 e. The van der Waals surface area contributed by atoms with E-state index in [1.54, 1.807) is 11.1 Å². The average Bonchev–Trinajstić information content (AvgIpc) is 3.69. The van der Waals surface area contributed by atoms with Crippen molar-refractivity contribution in [3.63, 3.8) is 0 Å². The van der Waals surface area contributed by atoms with Crippen molar-refractivity contribution in [1.82, 2.24) is 5.32 Å². The molecule has 8 aliphatic rings. The van der Waals surface area contributed by atoms with E-state index in [1.807, 2.05) is 21.6 Å². The highest BCUT2D eigenvalue weighted by Crippen LogP contribution is 2.78. The number of rotatable bonds is 17. The molecule has 0 aliphatic heterocycles. The van der Waals surface area contributed by atoms with Gasteiger partial charge < -0.3 is 10.4 Å². The molecule has 6 fully saturated rings. The van der Waals surface area contributed by atoms with E-state index in [9.17, 15) is 9.90 Å². The van der Waals surface area contributed by atoms with E-state index in [4.69, 9.17) is 0 Å². The number of carboxylic acids is 1. The van der Waals surface area contributed by atoms with Crippen LogP contribution in [0.1, 0.15) is 238 Å². The molecule has 2 N–H and O–H groups in total. The minimum atomic E-state index is -0.670. The SMILES string of the molecule is CC(C)CCC[C@@H](C)[C@H]1CC[C@@]2(C)[C@@H]3CC=C4C[C@H](N[C@@H](CSS[C@@H]5CC[C@@]6(C)C(=CC[C@@H]7[C@]6(C)CC[C@]6(C)[C@@H]([C@H](C)CCCC(C)C)CC[C@@]76C)C5)C(=O)O)CC[C@]4(C)[C@@]3(C)CC[C@]12C. The third-order valence-electron chi connectivity index (χ3n) is 25.0. The summed E-state index contributed by atoms with van der Waals surface area (Å²) in [4.78, 5) is 12.9. The zero-order valence-electron chi connectivity index (χ0n) is 45.4. The number of hydrogen-bond donors (Lipinski definition) is 2. The maximum atomic E-state index is 12.9. The van der Waals surface area contributed by atoms with Crippen LogP contribution < -0.4 is 5.32 Å². The van der Waals surface area contributed by atoms with E-state index in [0.717, 1.165) is 60.2 Å². The molecule has 0 saturated heterocycles. The van der Waals surface area contributed by atoms with Gasteiger partial charge >= 0.3 is 5.97 Å². The van der Waals surface area contributed by atoms with E-state index < -0.39 is 12.0 Å². The molecule has 0 spiro atoms. The van der Waals surface area contributed by atoms with Gasteiger partial charge in [-0.25, -0.2) is 0 Å². The van der Waals surface area contributed by atoms with Crippen molar-refractivity contribution >= 4 is 27.6 Å². The smallest absolute Gasteiger partial charge is 0.321 e. The molecule has 66 heavy (non-hydrogen) atoms. The minimum Gasteiger partial charge on any atom is -0.480 e. The quantitative estimate of drug-likeness (QED) is 0.112. The van der Waals surface area contributed by atoms with Gasteiger partial charge in [0.2, 0.25) is 0 Å². The van der Waals surface area contributed by atoms with Crippen molar-refractivity contribution in [2.75, 3.05) is 5.75 Å². The minimum absolute atomic E-state index is 0.211. The Labute approximate surface area is 415 Å². The molecule has 0 radical (unpaired) electrons. The molecule has 376 valence electrons. The van der Waals surface area contributed by atoms with E-state index in [0.29, 0.717) is 43.5 Å². The molecule has 6 saturated carbocycles. The van der Waals surface area contributed by atoms with E-state index >= 15 is 0 Å². The van der Waals surface area contributed by atoms with Crippen molar-refractivity contribution in [2.24, 2.45) is 90.7 Å². The molecule has 17 atom stereocenters. The van der Waals surface area contributed by atoms with Gasteiger partial charge in [0.05, 0.1) is 0 Å². The van der Waals surface area contributed by atoms with Gasteiger partial charge in [-0.2, -0.15) is 0 Å². The van der Waals surface area contributed by atoms with Crippen LogP contribution >= 0.6 is 21.6 Å². The van der Waals surface area contributed by atoms with Crippen LogP contribution in [-0.2, 0) is 4.79 Å². The average molecular weight is 947 g/mol. The predicted octanol–water partition coefficient (Wildman–Crippen LogP) is 17.8. The summed E-state index contributed by atoms with van der Waals surface area (Å²) in [7, 11) is 3.87. The Hall–Kier alpha value is -0.390. The van der Waals surface area contributed by atoms with Crippen LogP contribution in [0.3, 0.4) is 0 Å². The highest BCUT2D eigenvalue weighted by Gasteiger charge is 2.70. The summed E-state index contributed by atoms with van der Waals surface area (Å²) in [5, 5.41) is 15.0. The first kappa shape index (κ1) is 51.9. The number of nitrogens with one attached hydrogen (secondary N) is 1. The first-order valence-corrected chi connectivity index (χ1v) is 31.0. The summed E-state index contributed by atoms with van der Waals surface area (Å²) in [5.41, 5.74) is 6.29. The fraction of sp³-hybridized carbons (Fsp3) is 0.918. The second-order valence-corrected chi connectivity index (χ2v) is 31.1. The van der Waals surface area contributed by atoms with Crippen LogP contribution in [-0.4, -0.2) is 34.2 Å². The molecular formula is C61H103NO2S2. The summed E-state index contributed by atoms with van der Waals surface area (Å²) < 4.78 is 0. The highest BCUT2D eigenvalue weighted by molar-refractivity contribution is 8.77. The first-order chi connectivity index (χ1) is 30.9. The second-order valence-electron chi connectivity index (χ2n) is 28.3. The molecule has 0 aromatic carbocycles. The summed E-state index contributed by atoms with van der Waals surface area (Å²) >= 11 is 0. The van der Waals surface area contributed by atoms with Gasteiger partial charge in [0.1, 0.15) is 6.04 Å². The van der Waals surface area contributed by atoms with E-state index in [-0.39, 0.29) is 16.9 Å². The Balaban J connectivity index is 0.860.